The van der Waals surface area contributed by atoms with E-state index in [2.05, 4.69) is 21.3 Å². The number of benzene rings is 1. The highest BCUT2D eigenvalue weighted by Crippen LogP contribution is 2.22. The topological polar surface area (TPSA) is 48.5 Å². The van der Waals surface area contributed by atoms with Crippen molar-refractivity contribution in [3.05, 3.63) is 64.9 Å². The van der Waals surface area contributed by atoms with Crippen LogP contribution in [0, 0.1) is 0 Å². The van der Waals surface area contributed by atoms with Gasteiger partial charge in [-0.15, -0.1) is 0 Å². The fourth-order valence-electron chi connectivity index (χ4n) is 3.04. The SMILES string of the molecule is C[C@@H](NC(=O)N1CCN(Cc2cccnc2)CC1)c1ccccc1Cl. The lowest BCUT2D eigenvalue weighted by Crippen LogP contribution is -2.51. The van der Waals surface area contributed by atoms with Crippen LogP contribution in [0.2, 0.25) is 5.02 Å². The largest absolute Gasteiger partial charge is 0.331 e. The predicted octanol–water partition coefficient (Wildman–Crippen LogP) is 3.32. The Morgan fingerprint density at radius 3 is 2.64 bits per heavy atom. The molecule has 1 aliphatic rings. The molecule has 1 atom stereocenters. The second kappa shape index (κ2) is 8.32. The highest BCUT2D eigenvalue weighted by molar-refractivity contribution is 6.31. The van der Waals surface area contributed by atoms with Gasteiger partial charge in [0.25, 0.3) is 0 Å². The molecule has 0 spiro atoms. The standard InChI is InChI=1S/C19H23ClN4O/c1-15(17-6-2-3-7-18(17)20)22-19(25)24-11-9-23(10-12-24)14-16-5-4-8-21-13-16/h2-8,13,15H,9-12,14H2,1H3,(H,22,25)/t15-/m1/s1. The molecule has 5 nitrogen and oxygen atoms in total. The Morgan fingerprint density at radius 1 is 1.20 bits per heavy atom. The molecule has 1 aliphatic heterocycles. The molecule has 1 aromatic heterocycles. The zero-order valence-corrected chi connectivity index (χ0v) is 15.1. The summed E-state index contributed by atoms with van der Waals surface area (Å²) in [5.74, 6) is 0. The van der Waals surface area contributed by atoms with Gasteiger partial charge in [-0.1, -0.05) is 35.9 Å². The van der Waals surface area contributed by atoms with E-state index < -0.39 is 0 Å². The van der Waals surface area contributed by atoms with Crippen molar-refractivity contribution in [1.29, 1.82) is 0 Å². The molecule has 1 fully saturated rings. The van der Waals surface area contributed by atoms with Gasteiger partial charge in [-0.25, -0.2) is 4.79 Å². The molecule has 0 aliphatic carbocycles. The van der Waals surface area contributed by atoms with Gasteiger partial charge >= 0.3 is 6.03 Å². The first-order chi connectivity index (χ1) is 12.1. The van der Waals surface area contributed by atoms with Gasteiger partial charge in [0.2, 0.25) is 0 Å². The monoisotopic (exact) mass is 358 g/mol. The van der Waals surface area contributed by atoms with Gasteiger partial charge in [0.05, 0.1) is 6.04 Å². The van der Waals surface area contributed by atoms with E-state index in [0.29, 0.717) is 5.02 Å². The maximum absolute atomic E-state index is 12.5. The van der Waals surface area contributed by atoms with Crippen molar-refractivity contribution >= 4 is 17.6 Å². The first-order valence-corrected chi connectivity index (χ1v) is 8.92. The number of urea groups is 1. The summed E-state index contributed by atoms with van der Waals surface area (Å²) in [6.07, 6.45) is 3.68. The minimum Gasteiger partial charge on any atom is -0.331 e. The molecular formula is C19H23ClN4O. The number of nitrogens with one attached hydrogen (secondary N) is 1. The summed E-state index contributed by atoms with van der Waals surface area (Å²) in [7, 11) is 0. The molecule has 6 heteroatoms. The van der Waals surface area contributed by atoms with Crippen LogP contribution in [0.25, 0.3) is 0 Å². The fourth-order valence-corrected chi connectivity index (χ4v) is 3.34. The summed E-state index contributed by atoms with van der Waals surface area (Å²) >= 11 is 6.21. The summed E-state index contributed by atoms with van der Waals surface area (Å²) < 4.78 is 0. The number of piperazine rings is 1. The molecule has 2 amide bonds. The van der Waals surface area contributed by atoms with E-state index in [1.807, 2.05) is 48.4 Å². The Kier molecular flexibility index (Phi) is 5.89. The summed E-state index contributed by atoms with van der Waals surface area (Å²) in [5.41, 5.74) is 2.14. The van der Waals surface area contributed by atoms with E-state index in [4.69, 9.17) is 11.6 Å². The summed E-state index contributed by atoms with van der Waals surface area (Å²) in [6.45, 7) is 6.01. The first kappa shape index (κ1) is 17.7. The molecule has 1 aromatic carbocycles. The van der Waals surface area contributed by atoms with Gasteiger partial charge in [0, 0.05) is 50.1 Å². The number of nitrogens with zero attached hydrogens (tertiary/aromatic N) is 3. The third-order valence-corrected chi connectivity index (χ3v) is 4.84. The summed E-state index contributed by atoms with van der Waals surface area (Å²) in [6, 6.07) is 11.5. The Labute approximate surface area is 153 Å². The molecule has 0 saturated carbocycles. The van der Waals surface area contributed by atoms with E-state index in [-0.39, 0.29) is 12.1 Å². The Hall–Kier alpha value is -2.11. The zero-order valence-electron chi connectivity index (χ0n) is 14.4. The predicted molar refractivity (Wildman–Crippen MR) is 99.5 cm³/mol. The van der Waals surface area contributed by atoms with Crippen LogP contribution in [0.5, 0.6) is 0 Å². The molecule has 2 aromatic rings. The average Bonchev–Trinajstić information content (AvgIpc) is 2.63. The molecule has 25 heavy (non-hydrogen) atoms. The summed E-state index contributed by atoms with van der Waals surface area (Å²) in [5, 5.41) is 3.72. The third kappa shape index (κ3) is 4.71. The number of amides is 2. The van der Waals surface area contributed by atoms with Crippen molar-refractivity contribution in [3.63, 3.8) is 0 Å². The van der Waals surface area contributed by atoms with Gasteiger partial charge in [-0.2, -0.15) is 0 Å². The van der Waals surface area contributed by atoms with Gasteiger partial charge in [0.1, 0.15) is 0 Å². The number of rotatable bonds is 4. The summed E-state index contributed by atoms with van der Waals surface area (Å²) in [4.78, 5) is 20.9. The number of pyridine rings is 1. The lowest BCUT2D eigenvalue weighted by Gasteiger charge is -2.35. The molecule has 132 valence electrons. The lowest BCUT2D eigenvalue weighted by atomic mass is 10.1. The number of carbonyl (C=O) groups excluding carboxylic acids is 1. The van der Waals surface area contributed by atoms with Crippen molar-refractivity contribution in [1.82, 2.24) is 20.1 Å². The van der Waals surface area contributed by atoms with Crippen molar-refractivity contribution in [2.75, 3.05) is 26.2 Å². The second-order valence-electron chi connectivity index (χ2n) is 6.32. The van der Waals surface area contributed by atoms with Crippen molar-refractivity contribution in [2.45, 2.75) is 19.5 Å². The van der Waals surface area contributed by atoms with Gasteiger partial charge < -0.3 is 10.2 Å². The van der Waals surface area contributed by atoms with E-state index in [1.165, 1.54) is 5.56 Å². The maximum Gasteiger partial charge on any atom is 0.317 e. The average molecular weight is 359 g/mol. The van der Waals surface area contributed by atoms with Crippen molar-refractivity contribution in [3.8, 4) is 0 Å². The first-order valence-electron chi connectivity index (χ1n) is 8.54. The molecule has 0 bridgehead atoms. The van der Waals surface area contributed by atoms with Crippen LogP contribution in [-0.4, -0.2) is 47.0 Å². The van der Waals surface area contributed by atoms with Crippen LogP contribution in [0.4, 0.5) is 4.79 Å². The van der Waals surface area contributed by atoms with E-state index in [0.717, 1.165) is 38.3 Å². The van der Waals surface area contributed by atoms with Crippen LogP contribution in [0.3, 0.4) is 0 Å². The van der Waals surface area contributed by atoms with Gasteiger partial charge in [0.15, 0.2) is 0 Å². The normalized spacial score (nSPS) is 16.5. The van der Waals surface area contributed by atoms with Crippen LogP contribution in [0.15, 0.2) is 48.8 Å². The van der Waals surface area contributed by atoms with E-state index in [9.17, 15) is 4.79 Å². The fraction of sp³-hybridized carbons (Fsp3) is 0.368. The third-order valence-electron chi connectivity index (χ3n) is 4.50. The van der Waals surface area contributed by atoms with E-state index >= 15 is 0 Å². The molecule has 1 N–H and O–H groups in total. The zero-order chi connectivity index (χ0) is 17.6. The Balaban J connectivity index is 1.49. The van der Waals surface area contributed by atoms with Crippen LogP contribution < -0.4 is 5.32 Å². The highest BCUT2D eigenvalue weighted by Gasteiger charge is 2.22. The van der Waals surface area contributed by atoms with Crippen LogP contribution >= 0.6 is 11.6 Å². The molecule has 0 radical (unpaired) electrons. The number of hydrogen-bond donors (Lipinski definition) is 1. The van der Waals surface area contributed by atoms with Gasteiger partial charge in [-0.05, 0) is 30.2 Å². The number of carbonyl (C=O) groups is 1. The molecular weight excluding hydrogens is 336 g/mol. The Bertz CT molecular complexity index is 702. The number of aromatic nitrogens is 1. The molecule has 1 saturated heterocycles. The van der Waals surface area contributed by atoms with Crippen LogP contribution in [-0.2, 0) is 6.54 Å². The lowest BCUT2D eigenvalue weighted by molar-refractivity contribution is 0.133. The quantitative estimate of drug-likeness (QED) is 0.912. The second-order valence-corrected chi connectivity index (χ2v) is 6.72. The maximum atomic E-state index is 12.5. The van der Waals surface area contributed by atoms with Crippen molar-refractivity contribution < 1.29 is 4.79 Å². The van der Waals surface area contributed by atoms with Gasteiger partial charge in [-0.3, -0.25) is 9.88 Å². The molecule has 0 unspecified atom stereocenters. The minimum atomic E-state index is -0.116. The molecule has 2 heterocycles. The van der Waals surface area contributed by atoms with Crippen molar-refractivity contribution in [2.24, 2.45) is 0 Å². The number of halogens is 1. The Morgan fingerprint density at radius 2 is 1.96 bits per heavy atom. The highest BCUT2D eigenvalue weighted by atomic mass is 35.5. The van der Waals surface area contributed by atoms with E-state index in [1.54, 1.807) is 6.20 Å². The minimum absolute atomic E-state index is 0.0338. The smallest absolute Gasteiger partial charge is 0.317 e. The molecule has 3 rings (SSSR count). The van der Waals surface area contributed by atoms with Crippen LogP contribution in [0.1, 0.15) is 24.1 Å². The number of hydrogen-bond acceptors (Lipinski definition) is 3.